The first kappa shape index (κ1) is 13.4. The van der Waals surface area contributed by atoms with Gasteiger partial charge in [-0.05, 0) is 26.3 Å². The quantitative estimate of drug-likeness (QED) is 0.842. The molecule has 18 heavy (non-hydrogen) atoms. The van der Waals surface area contributed by atoms with E-state index in [4.69, 9.17) is 0 Å². The van der Waals surface area contributed by atoms with Crippen molar-refractivity contribution in [2.45, 2.75) is 32.2 Å². The fourth-order valence-corrected chi connectivity index (χ4v) is 3.67. The first-order valence-corrected chi connectivity index (χ1v) is 7.85. The van der Waals surface area contributed by atoms with Gasteiger partial charge in [0.1, 0.15) is 0 Å². The molecule has 6 nitrogen and oxygen atoms in total. The minimum atomic E-state index is -3.31. The number of aromatic nitrogens is 2. The van der Waals surface area contributed by atoms with Crippen molar-refractivity contribution < 1.29 is 8.42 Å². The van der Waals surface area contributed by atoms with E-state index in [2.05, 4.69) is 15.1 Å². The van der Waals surface area contributed by atoms with Crippen molar-refractivity contribution in [2.75, 3.05) is 17.0 Å². The van der Waals surface area contributed by atoms with Crippen LogP contribution in [0.1, 0.15) is 25.0 Å². The van der Waals surface area contributed by atoms with Gasteiger partial charge in [-0.1, -0.05) is 6.42 Å². The number of nitrogens with zero attached hydrogens (tertiary/aromatic N) is 2. The largest absolute Gasteiger partial charge is 0.313 e. The first-order chi connectivity index (χ1) is 8.46. The highest BCUT2D eigenvalue weighted by molar-refractivity contribution is 7.92. The Kier molecular flexibility index (Phi) is 3.91. The molecule has 0 spiro atoms. The van der Waals surface area contributed by atoms with Crippen molar-refractivity contribution in [3.8, 4) is 0 Å². The van der Waals surface area contributed by atoms with Gasteiger partial charge in [0.05, 0.1) is 17.1 Å². The van der Waals surface area contributed by atoms with E-state index in [1.807, 2.05) is 0 Å². The van der Waals surface area contributed by atoms with Gasteiger partial charge in [0.15, 0.2) is 0 Å². The fraction of sp³-hybridized carbons (Fsp3) is 0.727. The minimum absolute atomic E-state index is 0.0632. The summed E-state index contributed by atoms with van der Waals surface area (Å²) in [5.74, 6) is 0.126. The fourth-order valence-electron chi connectivity index (χ4n) is 2.24. The number of hydrogen-bond acceptors (Lipinski definition) is 4. The number of rotatable bonds is 4. The normalized spacial score (nSPS) is 20.9. The van der Waals surface area contributed by atoms with Crippen molar-refractivity contribution in [3.63, 3.8) is 0 Å². The molecule has 0 bridgehead atoms. The number of sulfonamides is 1. The molecule has 1 aliphatic heterocycles. The molecule has 102 valence electrons. The molecule has 0 aromatic carbocycles. The summed E-state index contributed by atoms with van der Waals surface area (Å²) >= 11 is 0. The molecular formula is C11H20N4O2S. The smallest absolute Gasteiger partial charge is 0.234 e. The molecule has 1 aliphatic rings. The molecule has 7 heteroatoms. The Morgan fingerprint density at radius 2 is 2.33 bits per heavy atom. The second-order valence-corrected chi connectivity index (χ2v) is 6.60. The van der Waals surface area contributed by atoms with Gasteiger partial charge in [0.2, 0.25) is 10.0 Å². The molecule has 0 amide bonds. The van der Waals surface area contributed by atoms with E-state index < -0.39 is 10.0 Å². The molecule has 1 unspecified atom stereocenters. The average Bonchev–Trinajstić information content (AvgIpc) is 2.57. The zero-order valence-corrected chi connectivity index (χ0v) is 11.6. The molecule has 1 fully saturated rings. The average molecular weight is 272 g/mol. The van der Waals surface area contributed by atoms with E-state index >= 15 is 0 Å². The van der Waals surface area contributed by atoms with Crippen LogP contribution in [0.15, 0.2) is 6.20 Å². The van der Waals surface area contributed by atoms with Gasteiger partial charge in [-0.15, -0.1) is 0 Å². The summed E-state index contributed by atoms with van der Waals surface area (Å²) in [6.45, 7) is 2.70. The lowest BCUT2D eigenvalue weighted by atomic mass is 10.1. The maximum atomic E-state index is 12.0. The van der Waals surface area contributed by atoms with Gasteiger partial charge in [0.25, 0.3) is 0 Å². The first-order valence-electron chi connectivity index (χ1n) is 6.20. The summed E-state index contributed by atoms with van der Waals surface area (Å²) in [5, 5.41) is 7.36. The Bertz CT molecular complexity index is 503. The van der Waals surface area contributed by atoms with Crippen LogP contribution in [0, 0.1) is 6.92 Å². The van der Waals surface area contributed by atoms with Gasteiger partial charge in [0, 0.05) is 19.3 Å². The van der Waals surface area contributed by atoms with Crippen molar-refractivity contribution in [3.05, 3.63) is 11.9 Å². The van der Waals surface area contributed by atoms with Crippen molar-refractivity contribution >= 4 is 15.7 Å². The van der Waals surface area contributed by atoms with Crippen LogP contribution in [0.3, 0.4) is 0 Å². The SMILES string of the molecule is Cc1nn(C)cc1NS(=O)(=O)CC1CCCCN1. The Balaban J connectivity index is 2.00. The lowest BCUT2D eigenvalue weighted by molar-refractivity contribution is 0.424. The predicted octanol–water partition coefficient (Wildman–Crippen LogP) is 0.612. The zero-order chi connectivity index (χ0) is 13.2. The van der Waals surface area contributed by atoms with Crippen molar-refractivity contribution in [1.82, 2.24) is 15.1 Å². The summed E-state index contributed by atoms with van der Waals surface area (Å²) < 4.78 is 28.3. The molecule has 0 aliphatic carbocycles. The Labute approximate surface area is 108 Å². The van der Waals surface area contributed by atoms with E-state index in [1.165, 1.54) is 0 Å². The molecule has 1 aromatic rings. The molecule has 0 saturated carbocycles. The highest BCUT2D eigenvalue weighted by Crippen LogP contribution is 2.15. The maximum absolute atomic E-state index is 12.0. The van der Waals surface area contributed by atoms with Crippen LogP contribution in [-0.2, 0) is 17.1 Å². The van der Waals surface area contributed by atoms with Crippen LogP contribution >= 0.6 is 0 Å². The standard InChI is InChI=1S/C11H20N4O2S/c1-9-11(7-15(2)13-9)14-18(16,17)8-10-5-3-4-6-12-10/h7,10,12,14H,3-6,8H2,1-2H3. The third kappa shape index (κ3) is 3.46. The van der Waals surface area contributed by atoms with Gasteiger partial charge >= 0.3 is 0 Å². The number of aryl methyl sites for hydroxylation is 2. The van der Waals surface area contributed by atoms with E-state index in [-0.39, 0.29) is 11.8 Å². The predicted molar refractivity (Wildman–Crippen MR) is 71.0 cm³/mol. The number of anilines is 1. The topological polar surface area (TPSA) is 76.0 Å². The highest BCUT2D eigenvalue weighted by Gasteiger charge is 2.21. The second kappa shape index (κ2) is 5.27. The maximum Gasteiger partial charge on any atom is 0.234 e. The molecule has 2 N–H and O–H groups in total. The number of hydrogen-bond donors (Lipinski definition) is 2. The molecule has 0 radical (unpaired) electrons. The molecular weight excluding hydrogens is 252 g/mol. The van der Waals surface area contributed by atoms with Crippen LogP contribution in [0.5, 0.6) is 0 Å². The second-order valence-electron chi connectivity index (χ2n) is 4.83. The summed E-state index contributed by atoms with van der Waals surface area (Å²) in [5.41, 5.74) is 1.26. The van der Waals surface area contributed by atoms with Gasteiger partial charge < -0.3 is 5.32 Å². The lowest BCUT2D eigenvalue weighted by Gasteiger charge is -2.23. The van der Waals surface area contributed by atoms with E-state index in [0.717, 1.165) is 25.8 Å². The van der Waals surface area contributed by atoms with Gasteiger partial charge in [-0.3, -0.25) is 9.40 Å². The third-order valence-electron chi connectivity index (χ3n) is 3.11. The number of piperidine rings is 1. The highest BCUT2D eigenvalue weighted by atomic mass is 32.2. The Hall–Kier alpha value is -1.08. The summed E-state index contributed by atoms with van der Waals surface area (Å²) in [6, 6.07) is 0.0632. The molecule has 2 rings (SSSR count). The molecule has 1 atom stereocenters. The van der Waals surface area contributed by atoms with Crippen LogP contribution < -0.4 is 10.0 Å². The van der Waals surface area contributed by atoms with Crippen LogP contribution in [0.25, 0.3) is 0 Å². The van der Waals surface area contributed by atoms with Crippen LogP contribution in [0.4, 0.5) is 5.69 Å². The Morgan fingerprint density at radius 1 is 1.56 bits per heavy atom. The van der Waals surface area contributed by atoms with Crippen molar-refractivity contribution in [1.29, 1.82) is 0 Å². The third-order valence-corrected chi connectivity index (χ3v) is 4.48. The lowest BCUT2D eigenvalue weighted by Crippen LogP contribution is -2.40. The summed E-state index contributed by atoms with van der Waals surface area (Å²) in [7, 11) is -1.54. The molecule has 2 heterocycles. The van der Waals surface area contributed by atoms with Gasteiger partial charge in [-0.25, -0.2) is 8.42 Å². The Morgan fingerprint density at radius 3 is 2.89 bits per heavy atom. The summed E-state index contributed by atoms with van der Waals surface area (Å²) in [6.07, 6.45) is 4.83. The minimum Gasteiger partial charge on any atom is -0.313 e. The number of nitrogens with one attached hydrogen (secondary N) is 2. The molecule has 1 aromatic heterocycles. The zero-order valence-electron chi connectivity index (χ0n) is 10.8. The van der Waals surface area contributed by atoms with Gasteiger partial charge in [-0.2, -0.15) is 5.10 Å². The monoisotopic (exact) mass is 272 g/mol. The van der Waals surface area contributed by atoms with E-state index in [0.29, 0.717) is 11.4 Å². The summed E-state index contributed by atoms with van der Waals surface area (Å²) in [4.78, 5) is 0. The van der Waals surface area contributed by atoms with Crippen LogP contribution in [-0.4, -0.2) is 36.5 Å². The van der Waals surface area contributed by atoms with E-state index in [1.54, 1.807) is 24.9 Å². The van der Waals surface area contributed by atoms with Crippen LogP contribution in [0.2, 0.25) is 0 Å². The molecule has 1 saturated heterocycles. The van der Waals surface area contributed by atoms with E-state index in [9.17, 15) is 8.42 Å². The van der Waals surface area contributed by atoms with Crippen molar-refractivity contribution in [2.24, 2.45) is 7.05 Å².